The third-order valence-corrected chi connectivity index (χ3v) is 3.93. The predicted octanol–water partition coefficient (Wildman–Crippen LogP) is 5.87. The van der Waals surface area contributed by atoms with E-state index in [1.54, 1.807) is 0 Å². The molecule has 0 spiro atoms. The smallest absolute Gasteiger partial charge is 0.0322 e. The number of hydrogen-bond donors (Lipinski definition) is 0. The Balaban J connectivity index is 2.24. The van der Waals surface area contributed by atoms with Gasteiger partial charge in [-0.1, -0.05) is 82.8 Å². The van der Waals surface area contributed by atoms with Gasteiger partial charge in [-0.05, 0) is 19.3 Å². The van der Waals surface area contributed by atoms with Crippen molar-refractivity contribution in [2.75, 3.05) is 0 Å². The molecule has 0 unspecified atom stereocenters. The molecule has 1 aliphatic rings. The fourth-order valence-electron chi connectivity index (χ4n) is 2.81. The SMILES string of the molecule is CC=CCC1CCCCCCCCCCC1. The molecule has 0 bridgehead atoms. The molecule has 1 rings (SSSR count). The largest absolute Gasteiger partial charge is 0.0917 e. The second-order valence-electron chi connectivity index (χ2n) is 5.43. The van der Waals surface area contributed by atoms with E-state index in [2.05, 4.69) is 19.1 Å². The maximum absolute atomic E-state index is 2.37. The number of allylic oxidation sites excluding steroid dienone is 2. The van der Waals surface area contributed by atoms with Gasteiger partial charge in [-0.3, -0.25) is 0 Å². The first-order valence-corrected chi connectivity index (χ1v) is 7.54. The van der Waals surface area contributed by atoms with Crippen LogP contribution in [0.25, 0.3) is 0 Å². The normalized spacial score (nSPS) is 22.8. The molecule has 0 aromatic heterocycles. The van der Waals surface area contributed by atoms with E-state index in [1.807, 2.05) is 0 Å². The monoisotopic (exact) mass is 222 g/mol. The van der Waals surface area contributed by atoms with Gasteiger partial charge in [0.1, 0.15) is 0 Å². The Bertz CT molecular complexity index is 157. The van der Waals surface area contributed by atoms with Crippen molar-refractivity contribution in [1.82, 2.24) is 0 Å². The summed E-state index contributed by atoms with van der Waals surface area (Å²) in [6.07, 6.45) is 22.2. The molecule has 0 amide bonds. The zero-order valence-electron chi connectivity index (χ0n) is 11.2. The summed E-state index contributed by atoms with van der Waals surface area (Å²) in [5.41, 5.74) is 0. The minimum Gasteiger partial charge on any atom is -0.0917 e. The van der Waals surface area contributed by atoms with Crippen molar-refractivity contribution in [1.29, 1.82) is 0 Å². The molecule has 0 N–H and O–H groups in total. The van der Waals surface area contributed by atoms with Crippen LogP contribution in [0.5, 0.6) is 0 Å². The van der Waals surface area contributed by atoms with Gasteiger partial charge in [0.15, 0.2) is 0 Å². The van der Waals surface area contributed by atoms with Gasteiger partial charge in [-0.2, -0.15) is 0 Å². The van der Waals surface area contributed by atoms with Crippen molar-refractivity contribution in [2.24, 2.45) is 5.92 Å². The van der Waals surface area contributed by atoms with Crippen molar-refractivity contribution in [3.8, 4) is 0 Å². The third kappa shape index (κ3) is 7.09. The lowest BCUT2D eigenvalue weighted by Gasteiger charge is -2.16. The van der Waals surface area contributed by atoms with Crippen molar-refractivity contribution in [2.45, 2.75) is 84.0 Å². The average Bonchev–Trinajstić information content (AvgIpc) is 2.28. The lowest BCUT2D eigenvalue weighted by atomic mass is 9.90. The van der Waals surface area contributed by atoms with Crippen LogP contribution >= 0.6 is 0 Å². The van der Waals surface area contributed by atoms with E-state index < -0.39 is 0 Å². The molecule has 1 fully saturated rings. The van der Waals surface area contributed by atoms with Crippen molar-refractivity contribution in [3.05, 3.63) is 12.2 Å². The van der Waals surface area contributed by atoms with E-state index in [0.717, 1.165) is 5.92 Å². The van der Waals surface area contributed by atoms with Crippen LogP contribution in [-0.2, 0) is 0 Å². The Morgan fingerprint density at radius 3 is 1.62 bits per heavy atom. The molecular weight excluding hydrogens is 192 g/mol. The molecule has 0 saturated heterocycles. The predicted molar refractivity (Wildman–Crippen MR) is 73.7 cm³/mol. The highest BCUT2D eigenvalue weighted by Crippen LogP contribution is 2.23. The van der Waals surface area contributed by atoms with Crippen molar-refractivity contribution in [3.63, 3.8) is 0 Å². The zero-order valence-corrected chi connectivity index (χ0v) is 11.2. The second kappa shape index (κ2) is 9.93. The van der Waals surface area contributed by atoms with E-state index in [4.69, 9.17) is 0 Å². The zero-order chi connectivity index (χ0) is 11.5. The molecule has 0 heteroatoms. The van der Waals surface area contributed by atoms with Crippen LogP contribution in [0.4, 0.5) is 0 Å². The highest BCUT2D eigenvalue weighted by atomic mass is 14.1. The Kier molecular flexibility index (Phi) is 8.57. The lowest BCUT2D eigenvalue weighted by Crippen LogP contribution is -2.00. The second-order valence-corrected chi connectivity index (χ2v) is 5.43. The molecule has 0 heterocycles. The van der Waals surface area contributed by atoms with Crippen LogP contribution in [-0.4, -0.2) is 0 Å². The van der Waals surface area contributed by atoms with E-state index in [0.29, 0.717) is 0 Å². The van der Waals surface area contributed by atoms with Gasteiger partial charge < -0.3 is 0 Å². The third-order valence-electron chi connectivity index (χ3n) is 3.93. The highest BCUT2D eigenvalue weighted by Gasteiger charge is 2.07. The van der Waals surface area contributed by atoms with Gasteiger partial charge in [0.05, 0.1) is 0 Å². The van der Waals surface area contributed by atoms with E-state index in [1.165, 1.54) is 77.0 Å². The minimum absolute atomic E-state index is 0.982. The van der Waals surface area contributed by atoms with Crippen LogP contribution in [0.15, 0.2) is 12.2 Å². The first-order valence-electron chi connectivity index (χ1n) is 7.54. The van der Waals surface area contributed by atoms with Crippen molar-refractivity contribution < 1.29 is 0 Å². The first kappa shape index (κ1) is 13.8. The first-order chi connectivity index (χ1) is 7.93. The summed E-state index contributed by atoms with van der Waals surface area (Å²) in [6, 6.07) is 0. The molecule has 16 heavy (non-hydrogen) atoms. The van der Waals surface area contributed by atoms with Crippen molar-refractivity contribution >= 4 is 0 Å². The molecule has 0 aliphatic heterocycles. The standard InChI is InChI=1S/C16H30/c1-2-3-13-16-14-11-9-7-5-4-6-8-10-12-15-16/h2-3,16H,4-15H2,1H3. The summed E-state index contributed by atoms with van der Waals surface area (Å²) in [6.45, 7) is 2.15. The number of hydrogen-bond acceptors (Lipinski definition) is 0. The Labute approximate surface area is 103 Å². The van der Waals surface area contributed by atoms with Gasteiger partial charge in [0.25, 0.3) is 0 Å². The van der Waals surface area contributed by atoms with Crippen LogP contribution in [0, 0.1) is 5.92 Å². The van der Waals surface area contributed by atoms with Gasteiger partial charge in [-0.25, -0.2) is 0 Å². The van der Waals surface area contributed by atoms with E-state index >= 15 is 0 Å². The molecule has 1 aliphatic carbocycles. The van der Waals surface area contributed by atoms with Crippen LogP contribution in [0.3, 0.4) is 0 Å². The van der Waals surface area contributed by atoms with Crippen LogP contribution in [0.2, 0.25) is 0 Å². The molecule has 0 aromatic carbocycles. The summed E-state index contributed by atoms with van der Waals surface area (Å²) in [5.74, 6) is 0.982. The molecule has 1 saturated carbocycles. The van der Waals surface area contributed by atoms with E-state index in [9.17, 15) is 0 Å². The maximum Gasteiger partial charge on any atom is -0.0322 e. The quantitative estimate of drug-likeness (QED) is 0.512. The minimum atomic E-state index is 0.982. The van der Waals surface area contributed by atoms with E-state index in [-0.39, 0.29) is 0 Å². The Morgan fingerprint density at radius 1 is 0.750 bits per heavy atom. The molecular formula is C16H30. The maximum atomic E-state index is 2.37. The molecule has 0 radical (unpaired) electrons. The summed E-state index contributed by atoms with van der Waals surface area (Å²) < 4.78 is 0. The molecule has 0 atom stereocenters. The summed E-state index contributed by atoms with van der Waals surface area (Å²) in [4.78, 5) is 0. The molecule has 0 aromatic rings. The Morgan fingerprint density at radius 2 is 1.19 bits per heavy atom. The Hall–Kier alpha value is -0.260. The van der Waals surface area contributed by atoms with Crippen LogP contribution in [0.1, 0.15) is 84.0 Å². The summed E-state index contributed by atoms with van der Waals surface area (Å²) in [7, 11) is 0. The van der Waals surface area contributed by atoms with Gasteiger partial charge in [0, 0.05) is 0 Å². The lowest BCUT2D eigenvalue weighted by molar-refractivity contribution is 0.397. The summed E-state index contributed by atoms with van der Waals surface area (Å²) in [5, 5.41) is 0. The fourth-order valence-corrected chi connectivity index (χ4v) is 2.81. The topological polar surface area (TPSA) is 0 Å². The van der Waals surface area contributed by atoms with Gasteiger partial charge in [-0.15, -0.1) is 0 Å². The molecule has 0 nitrogen and oxygen atoms in total. The van der Waals surface area contributed by atoms with Gasteiger partial charge >= 0.3 is 0 Å². The molecule has 94 valence electrons. The van der Waals surface area contributed by atoms with Gasteiger partial charge in [0.2, 0.25) is 0 Å². The number of rotatable bonds is 2. The summed E-state index contributed by atoms with van der Waals surface area (Å²) >= 11 is 0. The fraction of sp³-hybridized carbons (Fsp3) is 0.875. The van der Waals surface area contributed by atoms with Crippen LogP contribution < -0.4 is 0 Å². The average molecular weight is 222 g/mol. The highest BCUT2D eigenvalue weighted by molar-refractivity contribution is 4.80.